The monoisotopic (exact) mass is 782 g/mol. The topological polar surface area (TPSA) is 118 Å². The standard InChI is InChI=1S/C41H55ClN4O7S/c1-28-7-5-16-41(52-4,26-44-17-18-45(19-20-51-3)38(47)24-44)35-12-9-32(35)23-46-25-40(15-6-8-30-21-33(42)11-13-34(30)40)27-53-37-14-10-31(22-36(37)46)39(48)43-54(49,50)29(28)2/h5,10-11,13-14,16,21-22,28-29,32,35H,6-9,12,15,17-20,23-27H2,1-4H3,(H,43,48)/b16-5+/t28-,29+,32-,35+,40-,41+/m0/s1. The van der Waals surface area contributed by atoms with Crippen molar-refractivity contribution in [1.82, 2.24) is 14.5 Å². The number of hydrogen-bond donors (Lipinski definition) is 1. The van der Waals surface area contributed by atoms with Gasteiger partial charge in [-0.25, -0.2) is 13.1 Å². The lowest BCUT2D eigenvalue weighted by Crippen LogP contribution is -2.60. The number of fused-ring (bicyclic) bond motifs is 4. The molecule has 0 aromatic heterocycles. The number of allylic oxidation sites excluding steroid dienone is 1. The van der Waals surface area contributed by atoms with Crippen LogP contribution in [0.15, 0.2) is 48.6 Å². The lowest BCUT2D eigenvalue weighted by Gasteiger charge is -2.52. The van der Waals surface area contributed by atoms with E-state index in [1.165, 1.54) is 11.1 Å². The highest BCUT2D eigenvalue weighted by Crippen LogP contribution is 2.49. The normalized spacial score (nSPS) is 32.1. The zero-order valence-corrected chi connectivity index (χ0v) is 33.6. The molecule has 6 atom stereocenters. The molecule has 2 aliphatic carbocycles. The Morgan fingerprint density at radius 3 is 2.65 bits per heavy atom. The van der Waals surface area contributed by atoms with Gasteiger partial charge in [-0.2, -0.15) is 0 Å². The number of piperazine rings is 1. The minimum absolute atomic E-state index is 0.0814. The lowest BCUT2D eigenvalue weighted by molar-refractivity contribution is -0.140. The first-order valence-corrected chi connectivity index (χ1v) is 21.4. The van der Waals surface area contributed by atoms with Crippen molar-refractivity contribution >= 4 is 39.1 Å². The van der Waals surface area contributed by atoms with Gasteiger partial charge in [0.05, 0.1) is 30.7 Å². The molecule has 7 rings (SSSR count). The highest BCUT2D eigenvalue weighted by Gasteiger charge is 2.50. The number of nitrogens with zero attached hydrogens (tertiary/aromatic N) is 3. The van der Waals surface area contributed by atoms with E-state index in [0.717, 1.165) is 49.4 Å². The van der Waals surface area contributed by atoms with E-state index in [4.69, 9.17) is 25.8 Å². The van der Waals surface area contributed by atoms with Crippen molar-refractivity contribution in [3.05, 3.63) is 70.3 Å². The van der Waals surface area contributed by atoms with Gasteiger partial charge in [0.1, 0.15) is 11.4 Å². The van der Waals surface area contributed by atoms with E-state index in [-0.39, 0.29) is 34.6 Å². The summed E-state index contributed by atoms with van der Waals surface area (Å²) in [6, 6.07) is 11.5. The van der Waals surface area contributed by atoms with Crippen molar-refractivity contribution in [2.24, 2.45) is 17.8 Å². The Bertz CT molecular complexity index is 1870. The molecule has 13 heteroatoms. The molecular weight excluding hydrogens is 728 g/mol. The Morgan fingerprint density at radius 2 is 1.91 bits per heavy atom. The number of halogens is 1. The second-order valence-corrected chi connectivity index (χ2v) is 18.7. The van der Waals surface area contributed by atoms with Crippen LogP contribution in [0.4, 0.5) is 5.69 Å². The molecule has 2 aromatic carbocycles. The van der Waals surface area contributed by atoms with Gasteiger partial charge in [-0.1, -0.05) is 36.7 Å². The number of amides is 2. The molecule has 1 saturated carbocycles. The van der Waals surface area contributed by atoms with Crippen molar-refractivity contribution in [1.29, 1.82) is 0 Å². The van der Waals surface area contributed by atoms with Gasteiger partial charge in [-0.15, -0.1) is 0 Å². The third kappa shape index (κ3) is 7.65. The Kier molecular flexibility index (Phi) is 11.4. The maximum Gasteiger partial charge on any atom is 0.264 e. The van der Waals surface area contributed by atoms with E-state index in [9.17, 15) is 18.0 Å². The zero-order chi connectivity index (χ0) is 38.3. The van der Waals surface area contributed by atoms with Crippen molar-refractivity contribution in [2.75, 3.05) is 78.1 Å². The summed E-state index contributed by atoms with van der Waals surface area (Å²) < 4.78 is 48.1. The first-order valence-electron chi connectivity index (χ1n) is 19.5. The Labute approximate surface area is 325 Å². The summed E-state index contributed by atoms with van der Waals surface area (Å²) in [5, 5.41) is -0.104. The fourth-order valence-corrected chi connectivity index (χ4v) is 11.0. The van der Waals surface area contributed by atoms with Crippen LogP contribution in [0.5, 0.6) is 5.75 Å². The summed E-state index contributed by atoms with van der Waals surface area (Å²) in [7, 11) is -0.588. The summed E-state index contributed by atoms with van der Waals surface area (Å²) in [6.07, 6.45) is 9.54. The second kappa shape index (κ2) is 15.8. The summed E-state index contributed by atoms with van der Waals surface area (Å²) in [5.41, 5.74) is 2.54. The first kappa shape index (κ1) is 39.1. The van der Waals surface area contributed by atoms with Crippen LogP contribution >= 0.6 is 11.6 Å². The number of anilines is 1. The molecule has 3 heterocycles. The average Bonchev–Trinajstić information content (AvgIpc) is 3.28. The SMILES string of the molecule is COCCN1CCN(C[C@]2(OC)/C=C/C[C@H](C)[C@@H](C)S(=O)(=O)NC(=O)c3ccc4c(c3)N(C[C@@H]3CC[C@H]32)C[C@@]2(CCCc3cc(Cl)ccc32)CO4)CC1=O. The number of methoxy groups -OCH3 is 2. The van der Waals surface area contributed by atoms with Crippen LogP contribution in [0.25, 0.3) is 0 Å². The smallest absolute Gasteiger partial charge is 0.264 e. The van der Waals surface area contributed by atoms with E-state index in [2.05, 4.69) is 38.8 Å². The summed E-state index contributed by atoms with van der Waals surface area (Å²) in [5.74, 6) is 0.210. The van der Waals surface area contributed by atoms with Gasteiger partial charge in [0.25, 0.3) is 5.91 Å². The summed E-state index contributed by atoms with van der Waals surface area (Å²) >= 11 is 6.49. The lowest BCUT2D eigenvalue weighted by atomic mass is 9.63. The Morgan fingerprint density at radius 1 is 1.07 bits per heavy atom. The minimum atomic E-state index is -4.00. The maximum absolute atomic E-state index is 13.6. The van der Waals surface area contributed by atoms with Crippen molar-refractivity contribution in [3.8, 4) is 5.75 Å². The van der Waals surface area contributed by atoms with Crippen LogP contribution in [-0.2, 0) is 36.1 Å². The zero-order valence-electron chi connectivity index (χ0n) is 32.0. The highest BCUT2D eigenvalue weighted by molar-refractivity contribution is 7.90. The molecule has 3 aliphatic heterocycles. The molecule has 1 spiro atoms. The van der Waals surface area contributed by atoms with Crippen molar-refractivity contribution < 1.29 is 32.2 Å². The first-order chi connectivity index (χ1) is 25.9. The molecular formula is C41H55ClN4O7S. The number of carbonyl (C=O) groups excluding carboxylic acids is 2. The highest BCUT2D eigenvalue weighted by atomic mass is 35.5. The van der Waals surface area contributed by atoms with E-state index in [1.54, 1.807) is 33.3 Å². The number of benzene rings is 2. The Balaban J connectivity index is 1.28. The third-order valence-corrected chi connectivity index (χ3v) is 15.2. The van der Waals surface area contributed by atoms with Gasteiger partial charge in [0.15, 0.2) is 0 Å². The van der Waals surface area contributed by atoms with Crippen LogP contribution in [0.3, 0.4) is 0 Å². The number of ether oxygens (including phenoxy) is 3. The molecule has 2 fully saturated rings. The van der Waals surface area contributed by atoms with Gasteiger partial charge in [-0.05, 0) is 105 Å². The van der Waals surface area contributed by atoms with Crippen LogP contribution in [0.2, 0.25) is 5.02 Å². The largest absolute Gasteiger partial charge is 0.490 e. The number of aryl methyl sites for hydroxylation is 1. The van der Waals surface area contributed by atoms with E-state index >= 15 is 0 Å². The maximum atomic E-state index is 13.6. The molecule has 2 bridgehead atoms. The minimum Gasteiger partial charge on any atom is -0.490 e. The third-order valence-electron chi connectivity index (χ3n) is 13.0. The molecule has 1 saturated heterocycles. The van der Waals surface area contributed by atoms with Gasteiger partial charge in [-0.3, -0.25) is 14.5 Å². The van der Waals surface area contributed by atoms with E-state index in [1.807, 2.05) is 24.0 Å². The molecule has 5 aliphatic rings. The van der Waals surface area contributed by atoms with Crippen LogP contribution in [0, 0.1) is 17.8 Å². The predicted octanol–water partition coefficient (Wildman–Crippen LogP) is 5.06. The molecule has 294 valence electrons. The van der Waals surface area contributed by atoms with Crippen molar-refractivity contribution in [3.63, 3.8) is 0 Å². The number of sulfonamides is 1. The molecule has 11 nitrogen and oxygen atoms in total. The van der Waals surface area contributed by atoms with Gasteiger partial charge in [0.2, 0.25) is 15.9 Å². The van der Waals surface area contributed by atoms with Gasteiger partial charge in [0, 0.05) is 69.5 Å². The molecule has 54 heavy (non-hydrogen) atoms. The van der Waals surface area contributed by atoms with E-state index < -0.39 is 26.8 Å². The predicted molar refractivity (Wildman–Crippen MR) is 210 cm³/mol. The number of carbonyl (C=O) groups is 2. The molecule has 2 amide bonds. The fourth-order valence-electron chi connectivity index (χ4n) is 9.49. The molecule has 1 N–H and O–H groups in total. The fraction of sp³-hybridized carbons (Fsp3) is 0.610. The Hall–Kier alpha value is -3.16. The number of hydrogen-bond acceptors (Lipinski definition) is 9. The van der Waals surface area contributed by atoms with Crippen LogP contribution in [-0.4, -0.2) is 114 Å². The molecule has 2 aromatic rings. The molecule has 0 radical (unpaired) electrons. The second-order valence-electron chi connectivity index (χ2n) is 16.3. The summed E-state index contributed by atoms with van der Waals surface area (Å²) in [6.45, 7) is 8.67. The van der Waals surface area contributed by atoms with Crippen LogP contribution < -0.4 is 14.4 Å². The average molecular weight is 783 g/mol. The van der Waals surface area contributed by atoms with Gasteiger partial charge < -0.3 is 24.0 Å². The van der Waals surface area contributed by atoms with Gasteiger partial charge >= 0.3 is 0 Å². The van der Waals surface area contributed by atoms with E-state index in [0.29, 0.717) is 64.7 Å². The number of nitrogens with one attached hydrogen (secondary N) is 1. The van der Waals surface area contributed by atoms with Crippen LogP contribution in [0.1, 0.15) is 67.4 Å². The molecule has 0 unspecified atom stereocenters. The quantitative estimate of drug-likeness (QED) is 0.402. The number of rotatable bonds is 6. The van der Waals surface area contributed by atoms with Crippen molar-refractivity contribution in [2.45, 2.75) is 68.6 Å². The summed E-state index contributed by atoms with van der Waals surface area (Å²) in [4.78, 5) is 33.4.